The van der Waals surface area contributed by atoms with Crippen LogP contribution in [-0.4, -0.2) is 31.0 Å². The Hall–Kier alpha value is -3.01. The van der Waals surface area contributed by atoms with Crippen LogP contribution in [0.5, 0.6) is 17.2 Å². The maximum Gasteiger partial charge on any atom is 0.327 e. The molecule has 0 saturated heterocycles. The lowest BCUT2D eigenvalue weighted by Crippen LogP contribution is -2.44. The maximum absolute atomic E-state index is 12.2. The van der Waals surface area contributed by atoms with Gasteiger partial charge in [-0.3, -0.25) is 8.86 Å². The standard InChI is InChI=1S/C21H17NO6S2/c23-15-8-5-13(6-9-15)11-16(21(24)25)22(30(26)27)14-7-10-18-20(12-14)29-19-4-2-1-3-17(19)28-18/h1-10,12,16,23H,11H2,(H,24,25)(H,26,27). The molecule has 1 heterocycles. The third-order valence-electron chi connectivity index (χ3n) is 4.57. The molecule has 0 amide bonds. The van der Waals surface area contributed by atoms with E-state index in [1.807, 2.05) is 24.3 Å². The third-order valence-corrected chi connectivity index (χ3v) is 6.47. The number of carbonyl (C=O) groups is 1. The number of anilines is 1. The average molecular weight is 444 g/mol. The number of fused-ring (bicyclic) bond motifs is 2. The zero-order valence-corrected chi connectivity index (χ0v) is 17.1. The molecule has 3 aromatic carbocycles. The lowest BCUT2D eigenvalue weighted by atomic mass is 10.1. The van der Waals surface area contributed by atoms with Crippen molar-refractivity contribution in [2.24, 2.45) is 0 Å². The zero-order chi connectivity index (χ0) is 21.3. The number of hydrogen-bond acceptors (Lipinski definition) is 5. The molecule has 1 aliphatic heterocycles. The molecule has 0 radical (unpaired) electrons. The molecule has 4 rings (SSSR count). The second-order valence-corrected chi connectivity index (χ2v) is 8.50. The molecule has 3 N–H and O–H groups in total. The molecule has 154 valence electrons. The Labute approximate surface area is 179 Å². The number of phenols is 1. The molecule has 9 heteroatoms. The Morgan fingerprint density at radius 3 is 2.43 bits per heavy atom. The lowest BCUT2D eigenvalue weighted by Gasteiger charge is -2.28. The van der Waals surface area contributed by atoms with Gasteiger partial charge >= 0.3 is 5.97 Å². The number of benzene rings is 3. The summed E-state index contributed by atoms with van der Waals surface area (Å²) in [5.41, 5.74) is 0.900. The number of nitrogens with zero attached hydrogens (tertiary/aromatic N) is 1. The van der Waals surface area contributed by atoms with Gasteiger partial charge in [0.2, 0.25) is 0 Å². The predicted molar refractivity (Wildman–Crippen MR) is 114 cm³/mol. The summed E-state index contributed by atoms with van der Waals surface area (Å²) in [6.07, 6.45) is -0.0223. The number of carboxylic acid groups (broad SMARTS) is 1. The molecule has 2 atom stereocenters. The van der Waals surface area contributed by atoms with Crippen molar-refractivity contribution < 1.29 is 28.5 Å². The summed E-state index contributed by atoms with van der Waals surface area (Å²) in [4.78, 5) is 13.6. The Bertz CT molecular complexity index is 1120. The monoisotopic (exact) mass is 443 g/mol. The van der Waals surface area contributed by atoms with E-state index in [2.05, 4.69) is 0 Å². The summed E-state index contributed by atoms with van der Waals surface area (Å²) >= 11 is -1.13. The van der Waals surface area contributed by atoms with Crippen molar-refractivity contribution >= 4 is 34.7 Å². The largest absolute Gasteiger partial charge is 0.508 e. The summed E-state index contributed by atoms with van der Waals surface area (Å²) in [5.74, 6) is 0.135. The van der Waals surface area contributed by atoms with E-state index >= 15 is 0 Å². The van der Waals surface area contributed by atoms with Gasteiger partial charge in [-0.15, -0.1) is 0 Å². The van der Waals surface area contributed by atoms with E-state index in [0.717, 1.165) is 19.8 Å². The first kappa shape index (κ1) is 20.3. The van der Waals surface area contributed by atoms with Crippen LogP contribution in [0.25, 0.3) is 0 Å². The zero-order valence-electron chi connectivity index (χ0n) is 15.5. The Morgan fingerprint density at radius 2 is 1.73 bits per heavy atom. The smallest absolute Gasteiger partial charge is 0.327 e. The number of hydrogen-bond donors (Lipinski definition) is 3. The van der Waals surface area contributed by atoms with E-state index in [-0.39, 0.29) is 17.9 Å². The van der Waals surface area contributed by atoms with Crippen LogP contribution >= 0.6 is 11.8 Å². The van der Waals surface area contributed by atoms with Crippen molar-refractivity contribution in [1.82, 2.24) is 0 Å². The molecule has 0 spiro atoms. The van der Waals surface area contributed by atoms with Gasteiger partial charge in [-0.25, -0.2) is 9.00 Å². The summed E-state index contributed by atoms with van der Waals surface area (Å²) in [6, 6.07) is 17.1. The second kappa shape index (κ2) is 8.39. The summed E-state index contributed by atoms with van der Waals surface area (Å²) in [6.45, 7) is 0. The Kier molecular flexibility index (Phi) is 5.67. The summed E-state index contributed by atoms with van der Waals surface area (Å²) in [5, 5.41) is 19.2. The first-order valence-electron chi connectivity index (χ1n) is 8.92. The minimum atomic E-state index is -2.58. The molecule has 2 unspecified atom stereocenters. The molecule has 0 bridgehead atoms. The minimum Gasteiger partial charge on any atom is -0.508 e. The van der Waals surface area contributed by atoms with Crippen molar-refractivity contribution in [3.63, 3.8) is 0 Å². The van der Waals surface area contributed by atoms with Gasteiger partial charge in [-0.05, 0) is 48.0 Å². The van der Waals surface area contributed by atoms with E-state index in [9.17, 15) is 23.8 Å². The highest BCUT2D eigenvalue weighted by Gasteiger charge is 2.31. The van der Waals surface area contributed by atoms with E-state index < -0.39 is 23.3 Å². The first-order valence-corrected chi connectivity index (χ1v) is 10.8. The number of aromatic hydroxyl groups is 1. The van der Waals surface area contributed by atoms with E-state index in [1.54, 1.807) is 30.3 Å². The highest BCUT2D eigenvalue weighted by Crippen LogP contribution is 2.48. The van der Waals surface area contributed by atoms with Crippen LogP contribution < -0.4 is 9.04 Å². The van der Waals surface area contributed by atoms with Crippen LogP contribution in [0.15, 0.2) is 76.5 Å². The van der Waals surface area contributed by atoms with Gasteiger partial charge in [0.15, 0.2) is 0 Å². The molecular weight excluding hydrogens is 426 g/mol. The highest BCUT2D eigenvalue weighted by atomic mass is 32.2. The predicted octanol–water partition coefficient (Wildman–Crippen LogP) is 4.29. The topological polar surface area (TPSA) is 107 Å². The van der Waals surface area contributed by atoms with Crippen molar-refractivity contribution in [1.29, 1.82) is 0 Å². The first-order chi connectivity index (χ1) is 14.4. The van der Waals surface area contributed by atoms with Gasteiger partial charge < -0.3 is 14.9 Å². The molecule has 30 heavy (non-hydrogen) atoms. The van der Waals surface area contributed by atoms with Crippen molar-refractivity contribution in [2.45, 2.75) is 22.3 Å². The van der Waals surface area contributed by atoms with Crippen LogP contribution in [0.3, 0.4) is 0 Å². The van der Waals surface area contributed by atoms with E-state index in [1.165, 1.54) is 23.9 Å². The normalized spacial score (nSPS) is 14.0. The number of phenolic OH excluding ortho intramolecular Hbond substituents is 1. The van der Waals surface area contributed by atoms with Crippen LogP contribution in [-0.2, 0) is 22.5 Å². The van der Waals surface area contributed by atoms with Gasteiger partial charge in [-0.2, -0.15) is 0 Å². The highest BCUT2D eigenvalue weighted by molar-refractivity contribution is 7.99. The maximum atomic E-state index is 12.2. The van der Waals surface area contributed by atoms with Crippen LogP contribution in [0.4, 0.5) is 5.69 Å². The van der Waals surface area contributed by atoms with Gasteiger partial charge in [-0.1, -0.05) is 36.0 Å². The quantitative estimate of drug-likeness (QED) is 0.382. The Morgan fingerprint density at radius 1 is 1.03 bits per heavy atom. The average Bonchev–Trinajstić information content (AvgIpc) is 2.72. The van der Waals surface area contributed by atoms with Gasteiger partial charge in [0.25, 0.3) is 11.3 Å². The lowest BCUT2D eigenvalue weighted by molar-refractivity contribution is -0.138. The number of aliphatic carboxylic acids is 1. The summed E-state index contributed by atoms with van der Waals surface area (Å²) in [7, 11) is 0. The number of carboxylic acids is 1. The van der Waals surface area contributed by atoms with Crippen LogP contribution in [0.1, 0.15) is 5.56 Å². The molecular formula is C21H17NO6S2. The minimum absolute atomic E-state index is 0.0223. The fourth-order valence-corrected chi connectivity index (χ4v) is 4.82. The number of para-hydroxylation sites is 1. The van der Waals surface area contributed by atoms with Crippen molar-refractivity contribution in [2.75, 3.05) is 4.31 Å². The van der Waals surface area contributed by atoms with Crippen LogP contribution in [0, 0.1) is 0 Å². The summed E-state index contributed by atoms with van der Waals surface area (Å²) < 4.78 is 28.9. The van der Waals surface area contributed by atoms with Gasteiger partial charge in [0, 0.05) is 6.42 Å². The third kappa shape index (κ3) is 4.13. The van der Waals surface area contributed by atoms with Crippen LogP contribution in [0.2, 0.25) is 0 Å². The number of ether oxygens (including phenoxy) is 1. The Balaban J connectivity index is 1.67. The number of rotatable bonds is 6. The van der Waals surface area contributed by atoms with Gasteiger partial charge in [0.1, 0.15) is 23.3 Å². The fraction of sp³-hybridized carbons (Fsp3) is 0.0952. The van der Waals surface area contributed by atoms with E-state index in [0.29, 0.717) is 11.3 Å². The molecule has 0 fully saturated rings. The molecule has 0 aromatic heterocycles. The SMILES string of the molecule is O=C(O)C(Cc1ccc(O)cc1)N(c1ccc2c(c1)Sc1ccccc1O2)S(=O)O. The molecule has 1 aliphatic rings. The molecule has 0 aliphatic carbocycles. The van der Waals surface area contributed by atoms with Crippen molar-refractivity contribution in [3.05, 3.63) is 72.3 Å². The second-order valence-electron chi connectivity index (χ2n) is 6.56. The fourth-order valence-electron chi connectivity index (χ4n) is 3.16. The van der Waals surface area contributed by atoms with Crippen molar-refractivity contribution in [3.8, 4) is 17.2 Å². The molecule has 7 nitrogen and oxygen atoms in total. The molecule has 3 aromatic rings. The van der Waals surface area contributed by atoms with E-state index in [4.69, 9.17) is 4.74 Å². The van der Waals surface area contributed by atoms with Gasteiger partial charge in [0.05, 0.1) is 15.5 Å². The molecule has 0 saturated carbocycles.